The molecule has 116 valence electrons. The van der Waals surface area contributed by atoms with Crippen LogP contribution < -0.4 is 11.1 Å². The summed E-state index contributed by atoms with van der Waals surface area (Å²) in [6.07, 6.45) is 1.54. The molecular weight excluding hydrogens is 268 g/mol. The fourth-order valence-electron chi connectivity index (χ4n) is 2.48. The third kappa shape index (κ3) is 4.72. The van der Waals surface area contributed by atoms with Crippen LogP contribution in [0.25, 0.3) is 0 Å². The molecule has 0 aromatic heterocycles. The first kappa shape index (κ1) is 15.8. The summed E-state index contributed by atoms with van der Waals surface area (Å²) in [6.45, 7) is 3.40. The fraction of sp³-hybridized carbons (Fsp3) is 0.562. The zero-order valence-electron chi connectivity index (χ0n) is 12.5. The molecule has 0 aliphatic carbocycles. The largest absolute Gasteiger partial charge is 0.399 e. The second-order valence-corrected chi connectivity index (χ2v) is 5.89. The van der Waals surface area contributed by atoms with Gasteiger partial charge in [0, 0.05) is 44.7 Å². The van der Waals surface area contributed by atoms with E-state index in [1.54, 1.807) is 0 Å². The highest BCUT2D eigenvalue weighted by molar-refractivity contribution is 5.76. The van der Waals surface area contributed by atoms with Gasteiger partial charge in [0.1, 0.15) is 0 Å². The maximum Gasteiger partial charge on any atom is 0.220 e. The molecule has 5 nitrogen and oxygen atoms in total. The van der Waals surface area contributed by atoms with Gasteiger partial charge in [-0.25, -0.2) is 0 Å². The highest BCUT2D eigenvalue weighted by Gasteiger charge is 2.30. The van der Waals surface area contributed by atoms with Crippen molar-refractivity contribution >= 4 is 11.6 Å². The summed E-state index contributed by atoms with van der Waals surface area (Å²) in [7, 11) is 0. The average Bonchev–Trinajstić information content (AvgIpc) is 2.47. The molecule has 1 heterocycles. The number of amides is 1. The summed E-state index contributed by atoms with van der Waals surface area (Å²) in [5.74, 6) is 0.0779. The zero-order valence-corrected chi connectivity index (χ0v) is 12.5. The van der Waals surface area contributed by atoms with Gasteiger partial charge in [0.05, 0.1) is 5.60 Å². The van der Waals surface area contributed by atoms with Gasteiger partial charge < -0.3 is 20.9 Å². The third-order valence-electron chi connectivity index (χ3n) is 4.04. The predicted octanol–water partition coefficient (Wildman–Crippen LogP) is 1.42. The lowest BCUT2D eigenvalue weighted by Crippen LogP contribution is -2.46. The van der Waals surface area contributed by atoms with Gasteiger partial charge in [0.25, 0.3) is 0 Å². The molecule has 0 bridgehead atoms. The Labute approximate surface area is 125 Å². The first-order chi connectivity index (χ1) is 9.98. The van der Waals surface area contributed by atoms with E-state index in [0.29, 0.717) is 39.0 Å². The lowest BCUT2D eigenvalue weighted by Gasteiger charge is -2.32. The van der Waals surface area contributed by atoms with Gasteiger partial charge in [-0.3, -0.25) is 4.79 Å². The quantitative estimate of drug-likeness (QED) is 0.717. The van der Waals surface area contributed by atoms with Crippen molar-refractivity contribution in [2.24, 2.45) is 0 Å². The second-order valence-electron chi connectivity index (χ2n) is 5.89. The minimum atomic E-state index is -0.821. The molecule has 0 radical (unpaired) electrons. The summed E-state index contributed by atoms with van der Waals surface area (Å²) in [4.78, 5) is 12.0. The predicted molar refractivity (Wildman–Crippen MR) is 81.9 cm³/mol. The van der Waals surface area contributed by atoms with E-state index >= 15 is 0 Å². The summed E-state index contributed by atoms with van der Waals surface area (Å²) < 4.78 is 5.22. The molecule has 0 spiro atoms. The molecule has 4 N–H and O–H groups in total. The maximum absolute atomic E-state index is 12.0. The third-order valence-corrected chi connectivity index (χ3v) is 4.04. The Bertz CT molecular complexity index is 467. The number of carbonyl (C=O) groups excluding carboxylic acids is 1. The molecule has 5 heteroatoms. The number of nitrogens with two attached hydrogens (primary N) is 1. The van der Waals surface area contributed by atoms with Crippen LogP contribution in [0.15, 0.2) is 24.3 Å². The monoisotopic (exact) mass is 292 g/mol. The highest BCUT2D eigenvalue weighted by Crippen LogP contribution is 2.21. The summed E-state index contributed by atoms with van der Waals surface area (Å²) in [6, 6.07) is 7.57. The number of nitrogen functional groups attached to an aromatic ring is 1. The van der Waals surface area contributed by atoms with E-state index in [0.717, 1.165) is 11.3 Å². The van der Waals surface area contributed by atoms with Crippen LogP contribution in [0.2, 0.25) is 0 Å². The van der Waals surface area contributed by atoms with Crippen molar-refractivity contribution < 1.29 is 14.6 Å². The first-order valence-electron chi connectivity index (χ1n) is 7.41. The number of hydrogen-bond donors (Lipinski definition) is 3. The Morgan fingerprint density at radius 1 is 1.38 bits per heavy atom. The minimum Gasteiger partial charge on any atom is -0.399 e. The smallest absolute Gasteiger partial charge is 0.220 e. The molecule has 1 amide bonds. The van der Waals surface area contributed by atoms with Crippen molar-refractivity contribution in [1.82, 2.24) is 5.32 Å². The van der Waals surface area contributed by atoms with Gasteiger partial charge in [0.15, 0.2) is 0 Å². The van der Waals surface area contributed by atoms with Crippen LogP contribution >= 0.6 is 0 Å². The number of carbonyl (C=O) groups is 1. The number of aliphatic hydroxyl groups is 1. The standard InChI is InChI=1S/C16H24N2O3/c1-12(13-2-4-14(17)5-3-13)10-15(19)18-11-16(20)6-8-21-9-7-16/h2-5,12,20H,6-11,17H2,1H3,(H,18,19). The van der Waals surface area contributed by atoms with Crippen LogP contribution in [0.4, 0.5) is 5.69 Å². The zero-order chi connectivity index (χ0) is 15.3. The van der Waals surface area contributed by atoms with Crippen LogP contribution in [0.5, 0.6) is 0 Å². The van der Waals surface area contributed by atoms with Gasteiger partial charge in [-0.2, -0.15) is 0 Å². The average molecular weight is 292 g/mol. The molecule has 1 unspecified atom stereocenters. The second kappa shape index (κ2) is 6.91. The van der Waals surface area contributed by atoms with Crippen LogP contribution in [0.1, 0.15) is 37.7 Å². The SMILES string of the molecule is CC(CC(=O)NCC1(O)CCOCC1)c1ccc(N)cc1. The Morgan fingerprint density at radius 2 is 2.00 bits per heavy atom. The molecule has 1 aromatic rings. The Balaban J connectivity index is 1.79. The van der Waals surface area contributed by atoms with Gasteiger partial charge in [-0.05, 0) is 23.6 Å². The molecule has 1 aliphatic rings. The molecule has 1 fully saturated rings. The van der Waals surface area contributed by atoms with E-state index in [1.807, 2.05) is 31.2 Å². The van der Waals surface area contributed by atoms with E-state index in [9.17, 15) is 9.90 Å². The van der Waals surface area contributed by atoms with Gasteiger partial charge >= 0.3 is 0 Å². The maximum atomic E-state index is 12.0. The highest BCUT2D eigenvalue weighted by atomic mass is 16.5. The molecule has 1 atom stereocenters. The van der Waals surface area contributed by atoms with Crippen molar-refractivity contribution in [2.75, 3.05) is 25.5 Å². The van der Waals surface area contributed by atoms with Crippen molar-refractivity contribution in [3.8, 4) is 0 Å². The van der Waals surface area contributed by atoms with E-state index in [1.165, 1.54) is 0 Å². The van der Waals surface area contributed by atoms with E-state index in [2.05, 4.69) is 5.32 Å². The number of ether oxygens (including phenoxy) is 1. The number of hydrogen-bond acceptors (Lipinski definition) is 4. The molecule has 0 saturated carbocycles. The van der Waals surface area contributed by atoms with Gasteiger partial charge in [-0.1, -0.05) is 19.1 Å². The lowest BCUT2D eigenvalue weighted by molar-refractivity contribution is -0.124. The van der Waals surface area contributed by atoms with Crippen LogP contribution in [0, 0.1) is 0 Å². The Morgan fingerprint density at radius 3 is 2.62 bits per heavy atom. The Kier molecular flexibility index (Phi) is 5.20. The van der Waals surface area contributed by atoms with E-state index < -0.39 is 5.60 Å². The van der Waals surface area contributed by atoms with Crippen molar-refractivity contribution in [3.05, 3.63) is 29.8 Å². The van der Waals surface area contributed by atoms with E-state index in [4.69, 9.17) is 10.5 Å². The van der Waals surface area contributed by atoms with Crippen LogP contribution in [-0.2, 0) is 9.53 Å². The van der Waals surface area contributed by atoms with Crippen LogP contribution in [0.3, 0.4) is 0 Å². The molecule has 1 saturated heterocycles. The molecular formula is C16H24N2O3. The number of nitrogens with one attached hydrogen (secondary N) is 1. The summed E-state index contributed by atoms with van der Waals surface area (Å²) in [5.41, 5.74) is 6.64. The molecule has 21 heavy (non-hydrogen) atoms. The van der Waals surface area contributed by atoms with Crippen molar-refractivity contribution in [3.63, 3.8) is 0 Å². The lowest BCUT2D eigenvalue weighted by atomic mass is 9.93. The molecule has 1 aromatic carbocycles. The first-order valence-corrected chi connectivity index (χ1v) is 7.41. The van der Waals surface area contributed by atoms with Crippen molar-refractivity contribution in [2.45, 2.75) is 37.7 Å². The number of benzene rings is 1. The minimum absolute atomic E-state index is 0.0424. The van der Waals surface area contributed by atoms with E-state index in [-0.39, 0.29) is 11.8 Å². The van der Waals surface area contributed by atoms with Gasteiger partial charge in [-0.15, -0.1) is 0 Å². The normalized spacial score (nSPS) is 19.0. The number of anilines is 1. The fourth-order valence-corrected chi connectivity index (χ4v) is 2.48. The molecule has 1 aliphatic heterocycles. The van der Waals surface area contributed by atoms with Crippen molar-refractivity contribution in [1.29, 1.82) is 0 Å². The summed E-state index contributed by atoms with van der Waals surface area (Å²) >= 11 is 0. The number of rotatable bonds is 5. The van der Waals surface area contributed by atoms with Crippen LogP contribution in [-0.4, -0.2) is 36.4 Å². The summed E-state index contributed by atoms with van der Waals surface area (Å²) in [5, 5.41) is 13.1. The molecule has 2 rings (SSSR count). The topological polar surface area (TPSA) is 84.6 Å². The Hall–Kier alpha value is -1.59. The van der Waals surface area contributed by atoms with Gasteiger partial charge in [0.2, 0.25) is 5.91 Å².